The van der Waals surface area contributed by atoms with Gasteiger partial charge < -0.3 is 15.0 Å². The number of rotatable bonds is 6. The van der Waals surface area contributed by atoms with Crippen LogP contribution in [0, 0.1) is 0 Å². The number of H-pyrrole nitrogens is 1. The van der Waals surface area contributed by atoms with Crippen molar-refractivity contribution in [2.75, 3.05) is 12.9 Å². The Hall–Kier alpha value is -2.13. The van der Waals surface area contributed by atoms with Crippen molar-refractivity contribution < 1.29 is 9.53 Å². The van der Waals surface area contributed by atoms with E-state index in [4.69, 9.17) is 4.74 Å². The van der Waals surface area contributed by atoms with Gasteiger partial charge in [-0.05, 0) is 18.2 Å². The highest BCUT2D eigenvalue weighted by atomic mass is 79.9. The smallest absolute Gasteiger partial charge is 0.230 e. The van der Waals surface area contributed by atoms with Crippen LogP contribution < -0.4 is 10.1 Å². The largest absolute Gasteiger partial charge is 0.496 e. The van der Waals surface area contributed by atoms with Crippen molar-refractivity contribution in [3.8, 4) is 5.75 Å². The molecule has 0 saturated carbocycles. The van der Waals surface area contributed by atoms with E-state index in [1.807, 2.05) is 18.2 Å². The Morgan fingerprint density at radius 2 is 2.25 bits per heavy atom. The summed E-state index contributed by atoms with van der Waals surface area (Å²) in [6, 6.07) is 5.67. The van der Waals surface area contributed by atoms with Gasteiger partial charge in [-0.3, -0.25) is 4.79 Å². The standard InChI is InChI=1S/C15H14BrN5O2S/c1-23-11-3-2-10(16)4-9(11)5-17-12(22)6-24-15-13-14(19-7-18-13)20-8-21-15/h2-4,7-8H,5-6H2,1H3,(H,17,22)(H,18,19,20,21). The first kappa shape index (κ1) is 16.7. The van der Waals surface area contributed by atoms with E-state index in [2.05, 4.69) is 41.2 Å². The summed E-state index contributed by atoms with van der Waals surface area (Å²) in [5, 5.41) is 3.58. The SMILES string of the molecule is COc1ccc(Br)cc1CNC(=O)CSc1ncnc2nc[nH]c12. The third-order valence-corrected chi connectivity index (χ3v) is 4.73. The average molecular weight is 408 g/mol. The molecule has 3 aromatic rings. The Balaban J connectivity index is 1.58. The lowest BCUT2D eigenvalue weighted by Gasteiger charge is -2.10. The minimum atomic E-state index is -0.0895. The predicted octanol–water partition coefficient (Wildman–Crippen LogP) is 2.53. The molecule has 24 heavy (non-hydrogen) atoms. The van der Waals surface area contributed by atoms with E-state index in [1.165, 1.54) is 18.1 Å². The molecule has 2 N–H and O–H groups in total. The summed E-state index contributed by atoms with van der Waals surface area (Å²) in [5.41, 5.74) is 2.24. The third-order valence-electron chi connectivity index (χ3n) is 3.25. The molecule has 0 atom stereocenters. The number of amides is 1. The van der Waals surface area contributed by atoms with Crippen molar-refractivity contribution in [2.45, 2.75) is 11.6 Å². The number of aromatic amines is 1. The topological polar surface area (TPSA) is 92.8 Å². The molecule has 0 unspecified atom stereocenters. The predicted molar refractivity (Wildman–Crippen MR) is 94.9 cm³/mol. The molecule has 0 aliphatic carbocycles. The number of carbonyl (C=O) groups excluding carboxylic acids is 1. The molecule has 7 nitrogen and oxygen atoms in total. The van der Waals surface area contributed by atoms with Crippen LogP contribution in [0.25, 0.3) is 11.2 Å². The first-order chi connectivity index (χ1) is 11.7. The number of ether oxygens (including phenoxy) is 1. The molecule has 2 aromatic heterocycles. The molecule has 0 aliphatic heterocycles. The maximum absolute atomic E-state index is 12.1. The van der Waals surface area contributed by atoms with Crippen LogP contribution in [0.3, 0.4) is 0 Å². The molecule has 1 amide bonds. The van der Waals surface area contributed by atoms with Crippen LogP contribution >= 0.6 is 27.7 Å². The number of nitrogens with zero attached hydrogens (tertiary/aromatic N) is 3. The number of nitrogens with one attached hydrogen (secondary N) is 2. The van der Waals surface area contributed by atoms with Crippen LogP contribution in [0.15, 0.2) is 40.4 Å². The normalized spacial score (nSPS) is 10.8. The van der Waals surface area contributed by atoms with Crippen molar-refractivity contribution in [1.29, 1.82) is 0 Å². The summed E-state index contributed by atoms with van der Waals surface area (Å²) >= 11 is 4.75. The average Bonchev–Trinajstić information content (AvgIpc) is 3.07. The van der Waals surface area contributed by atoms with Gasteiger partial charge in [-0.1, -0.05) is 27.7 Å². The number of aromatic nitrogens is 4. The Morgan fingerprint density at radius 1 is 1.38 bits per heavy atom. The van der Waals surface area contributed by atoms with E-state index in [-0.39, 0.29) is 11.7 Å². The van der Waals surface area contributed by atoms with E-state index in [1.54, 1.807) is 13.4 Å². The number of hydrogen-bond donors (Lipinski definition) is 2. The molecule has 0 bridgehead atoms. The monoisotopic (exact) mass is 407 g/mol. The molecular weight excluding hydrogens is 394 g/mol. The summed E-state index contributed by atoms with van der Waals surface area (Å²) in [4.78, 5) is 27.4. The zero-order valence-electron chi connectivity index (χ0n) is 12.7. The second-order valence-electron chi connectivity index (χ2n) is 4.80. The van der Waals surface area contributed by atoms with Gasteiger partial charge in [-0.25, -0.2) is 15.0 Å². The minimum Gasteiger partial charge on any atom is -0.496 e. The van der Waals surface area contributed by atoms with Crippen molar-refractivity contribution in [3.05, 3.63) is 40.9 Å². The number of fused-ring (bicyclic) bond motifs is 1. The van der Waals surface area contributed by atoms with Gasteiger partial charge >= 0.3 is 0 Å². The number of hydrogen-bond acceptors (Lipinski definition) is 6. The summed E-state index contributed by atoms with van der Waals surface area (Å²) in [7, 11) is 1.61. The molecule has 0 fully saturated rings. The first-order valence-corrected chi connectivity index (χ1v) is 8.81. The Kier molecular flexibility index (Phi) is 5.31. The third kappa shape index (κ3) is 3.85. The second-order valence-corrected chi connectivity index (χ2v) is 6.68. The van der Waals surface area contributed by atoms with Gasteiger partial charge in [0, 0.05) is 16.6 Å². The van der Waals surface area contributed by atoms with Crippen LogP contribution in [0.4, 0.5) is 0 Å². The van der Waals surface area contributed by atoms with Crippen LogP contribution in [0.5, 0.6) is 5.75 Å². The van der Waals surface area contributed by atoms with Crippen molar-refractivity contribution >= 4 is 44.8 Å². The molecule has 9 heteroatoms. The van der Waals surface area contributed by atoms with Gasteiger partial charge in [0.15, 0.2) is 5.65 Å². The highest BCUT2D eigenvalue weighted by molar-refractivity contribution is 9.10. The molecule has 124 valence electrons. The molecule has 1 aromatic carbocycles. The van der Waals surface area contributed by atoms with E-state index in [0.717, 1.165) is 21.3 Å². The fourth-order valence-electron chi connectivity index (χ4n) is 2.12. The molecular formula is C15H14BrN5O2S. The lowest BCUT2D eigenvalue weighted by molar-refractivity contribution is -0.118. The molecule has 0 aliphatic rings. The Morgan fingerprint density at radius 3 is 3.08 bits per heavy atom. The summed E-state index contributed by atoms with van der Waals surface area (Å²) in [6.07, 6.45) is 3.00. The highest BCUT2D eigenvalue weighted by Gasteiger charge is 2.10. The number of carbonyl (C=O) groups is 1. The summed E-state index contributed by atoms with van der Waals surface area (Å²) in [5.74, 6) is 0.899. The number of imidazole rings is 1. The van der Waals surface area contributed by atoms with Crippen LogP contribution in [-0.4, -0.2) is 38.7 Å². The van der Waals surface area contributed by atoms with E-state index in [9.17, 15) is 4.79 Å². The highest BCUT2D eigenvalue weighted by Crippen LogP contribution is 2.23. The maximum atomic E-state index is 12.1. The van der Waals surface area contributed by atoms with Crippen molar-refractivity contribution in [3.63, 3.8) is 0 Å². The minimum absolute atomic E-state index is 0.0895. The second kappa shape index (κ2) is 7.63. The lowest BCUT2D eigenvalue weighted by Crippen LogP contribution is -2.24. The zero-order valence-corrected chi connectivity index (χ0v) is 15.1. The van der Waals surface area contributed by atoms with Gasteiger partial charge in [0.1, 0.15) is 22.6 Å². The number of thioether (sulfide) groups is 1. The van der Waals surface area contributed by atoms with Gasteiger partial charge in [0.2, 0.25) is 5.91 Å². The first-order valence-electron chi connectivity index (χ1n) is 7.03. The molecule has 0 saturated heterocycles. The maximum Gasteiger partial charge on any atom is 0.230 e. The fraction of sp³-hybridized carbons (Fsp3) is 0.200. The van der Waals surface area contributed by atoms with Gasteiger partial charge in [0.05, 0.1) is 19.2 Å². The van der Waals surface area contributed by atoms with E-state index < -0.39 is 0 Å². The van der Waals surface area contributed by atoms with E-state index >= 15 is 0 Å². The molecule has 0 spiro atoms. The van der Waals surface area contributed by atoms with Crippen molar-refractivity contribution in [1.82, 2.24) is 25.3 Å². The van der Waals surface area contributed by atoms with Gasteiger partial charge in [-0.15, -0.1) is 0 Å². The Labute approximate surface area is 150 Å². The van der Waals surface area contributed by atoms with Gasteiger partial charge in [0.25, 0.3) is 0 Å². The lowest BCUT2D eigenvalue weighted by atomic mass is 10.2. The fourth-order valence-corrected chi connectivity index (χ4v) is 3.31. The van der Waals surface area contributed by atoms with E-state index in [0.29, 0.717) is 17.2 Å². The number of methoxy groups -OCH3 is 1. The zero-order chi connectivity index (χ0) is 16.9. The van der Waals surface area contributed by atoms with Crippen molar-refractivity contribution in [2.24, 2.45) is 0 Å². The summed E-state index contributed by atoms with van der Waals surface area (Å²) in [6.45, 7) is 0.394. The number of halogens is 1. The van der Waals surface area contributed by atoms with Gasteiger partial charge in [-0.2, -0.15) is 0 Å². The van der Waals surface area contributed by atoms with Crippen LogP contribution in [-0.2, 0) is 11.3 Å². The molecule has 2 heterocycles. The summed E-state index contributed by atoms with van der Waals surface area (Å²) < 4.78 is 6.23. The Bertz CT molecular complexity index is 870. The van der Waals surface area contributed by atoms with Crippen LogP contribution in [0.1, 0.15) is 5.56 Å². The van der Waals surface area contributed by atoms with Crippen LogP contribution in [0.2, 0.25) is 0 Å². The quantitative estimate of drug-likeness (QED) is 0.481. The number of benzene rings is 1. The molecule has 3 rings (SSSR count). The molecule has 0 radical (unpaired) electrons.